The van der Waals surface area contributed by atoms with Gasteiger partial charge in [-0.05, 0) is 97.7 Å². The third kappa shape index (κ3) is 7.22. The van der Waals surface area contributed by atoms with Crippen LogP contribution in [-0.2, 0) is 36.1 Å². The summed E-state index contributed by atoms with van der Waals surface area (Å²) in [7, 11) is -0.920. The average molecular weight is 687 g/mol. The molecule has 11 heteroatoms. The molecule has 2 aliphatic carbocycles. The first-order valence-corrected chi connectivity index (χ1v) is 18.7. The van der Waals surface area contributed by atoms with E-state index in [1.165, 1.54) is 18.2 Å². The van der Waals surface area contributed by atoms with Crippen molar-refractivity contribution in [1.29, 1.82) is 0 Å². The summed E-state index contributed by atoms with van der Waals surface area (Å²) in [4.78, 5) is 16.0. The van der Waals surface area contributed by atoms with E-state index in [9.17, 15) is 13.2 Å². The number of aryl methyl sites for hydroxylation is 1. The number of hydrogen-bond acceptors (Lipinski definition) is 8. The summed E-state index contributed by atoms with van der Waals surface area (Å²) in [6.07, 6.45) is 9.58. The smallest absolute Gasteiger partial charge is 0.264 e. The first-order valence-electron chi connectivity index (χ1n) is 16.8. The molecule has 6 atom stereocenters. The monoisotopic (exact) mass is 686 g/mol. The quantitative estimate of drug-likeness (QED) is 0.312. The molecule has 1 spiro atoms. The first kappa shape index (κ1) is 34.2. The summed E-state index contributed by atoms with van der Waals surface area (Å²) in [5, 5.41) is -0.181. The van der Waals surface area contributed by atoms with E-state index in [0.717, 1.165) is 49.4 Å². The van der Waals surface area contributed by atoms with E-state index >= 15 is 0 Å². The van der Waals surface area contributed by atoms with Crippen molar-refractivity contribution in [2.75, 3.05) is 58.6 Å². The van der Waals surface area contributed by atoms with Gasteiger partial charge in [0, 0.05) is 43.3 Å². The van der Waals surface area contributed by atoms with Gasteiger partial charge in [0.2, 0.25) is 10.0 Å². The molecule has 1 N–H and O–H groups in total. The van der Waals surface area contributed by atoms with Gasteiger partial charge in [-0.15, -0.1) is 0 Å². The van der Waals surface area contributed by atoms with Crippen LogP contribution in [0.3, 0.4) is 0 Å². The summed E-state index contributed by atoms with van der Waals surface area (Å²) in [5.41, 5.74) is 3.34. The number of amides is 1. The molecule has 1 fully saturated rings. The third-order valence-corrected chi connectivity index (χ3v) is 12.8. The highest BCUT2D eigenvalue weighted by atomic mass is 35.5. The number of methoxy groups -OCH3 is 2. The number of rotatable bonds is 6. The Morgan fingerprint density at radius 1 is 1.11 bits per heavy atom. The van der Waals surface area contributed by atoms with E-state index in [1.807, 2.05) is 25.1 Å². The summed E-state index contributed by atoms with van der Waals surface area (Å²) >= 11 is 6.44. The van der Waals surface area contributed by atoms with Gasteiger partial charge in [0.05, 0.1) is 38.2 Å². The van der Waals surface area contributed by atoms with Crippen LogP contribution in [0.4, 0.5) is 5.69 Å². The topological polar surface area (TPSA) is 103 Å². The lowest BCUT2D eigenvalue weighted by molar-refractivity contribution is -0.0310. The van der Waals surface area contributed by atoms with Crippen LogP contribution in [0.15, 0.2) is 48.6 Å². The van der Waals surface area contributed by atoms with E-state index in [2.05, 4.69) is 27.8 Å². The Morgan fingerprint density at radius 2 is 1.96 bits per heavy atom. The van der Waals surface area contributed by atoms with Crippen LogP contribution >= 0.6 is 11.6 Å². The second-order valence-electron chi connectivity index (χ2n) is 13.7. The van der Waals surface area contributed by atoms with Crippen molar-refractivity contribution in [3.8, 4) is 5.75 Å². The van der Waals surface area contributed by atoms with E-state index in [1.54, 1.807) is 19.2 Å². The molecule has 0 unspecified atom stereocenters. The van der Waals surface area contributed by atoms with Gasteiger partial charge in [0.15, 0.2) is 0 Å². The minimum atomic E-state index is -4.06. The SMILES string of the molecule is COCCO[C@H]1/C=C/C[C@H](C)[C@@H](COC)S(=O)(=O)NC(=O)c2ccc3c(c2)N(C[C@@H]2CC[C@H]21)C[C@@]1(CCCc2cc(Cl)ccc21)CO3. The molecule has 6 rings (SSSR count). The zero-order chi connectivity index (χ0) is 33.2. The lowest BCUT2D eigenvalue weighted by Gasteiger charge is -2.46. The van der Waals surface area contributed by atoms with Gasteiger partial charge in [-0.3, -0.25) is 4.79 Å². The summed E-state index contributed by atoms with van der Waals surface area (Å²) < 4.78 is 53.2. The zero-order valence-corrected chi connectivity index (χ0v) is 29.2. The maximum atomic E-state index is 13.6. The number of benzene rings is 2. The first-order chi connectivity index (χ1) is 22.6. The lowest BCUT2D eigenvalue weighted by atomic mass is 9.68. The van der Waals surface area contributed by atoms with Crippen LogP contribution in [-0.4, -0.2) is 79.4 Å². The molecule has 2 aliphatic heterocycles. The fraction of sp³-hybridized carbons (Fsp3) is 0.583. The highest BCUT2D eigenvalue weighted by Gasteiger charge is 2.44. The average Bonchev–Trinajstić information content (AvgIpc) is 3.17. The Hall–Kier alpha value is -2.63. The van der Waals surface area contributed by atoms with E-state index in [-0.39, 0.29) is 35.5 Å². The van der Waals surface area contributed by atoms with Crippen molar-refractivity contribution in [3.63, 3.8) is 0 Å². The maximum absolute atomic E-state index is 13.6. The number of hydrogen-bond donors (Lipinski definition) is 1. The third-order valence-electron chi connectivity index (χ3n) is 10.7. The number of nitrogens with zero attached hydrogens (tertiary/aromatic N) is 1. The second-order valence-corrected chi connectivity index (χ2v) is 16.1. The highest BCUT2D eigenvalue weighted by molar-refractivity contribution is 7.90. The van der Waals surface area contributed by atoms with Crippen LogP contribution in [0.5, 0.6) is 5.75 Å². The fourth-order valence-corrected chi connectivity index (χ4v) is 9.71. The number of ether oxygens (including phenoxy) is 4. The molecule has 2 aromatic rings. The molecule has 0 radical (unpaired) electrons. The van der Waals surface area contributed by atoms with Gasteiger partial charge in [-0.25, -0.2) is 13.1 Å². The molecule has 47 heavy (non-hydrogen) atoms. The normalized spacial score (nSPS) is 31.0. The number of allylic oxidation sites excluding steroid dienone is 1. The molecule has 4 aliphatic rings. The summed E-state index contributed by atoms with van der Waals surface area (Å²) in [6.45, 7) is 4.79. The van der Waals surface area contributed by atoms with Gasteiger partial charge in [0.25, 0.3) is 5.91 Å². The maximum Gasteiger partial charge on any atom is 0.264 e. The molecule has 2 bridgehead atoms. The van der Waals surface area contributed by atoms with Crippen LogP contribution in [0.1, 0.15) is 60.5 Å². The molecular formula is C36H47ClN2O7S. The molecule has 2 aromatic carbocycles. The van der Waals surface area contributed by atoms with E-state index in [4.69, 9.17) is 30.5 Å². The van der Waals surface area contributed by atoms with E-state index < -0.39 is 21.2 Å². The van der Waals surface area contributed by atoms with Gasteiger partial charge in [0.1, 0.15) is 11.0 Å². The Morgan fingerprint density at radius 3 is 2.72 bits per heavy atom. The highest BCUT2D eigenvalue weighted by Crippen LogP contribution is 2.47. The van der Waals surface area contributed by atoms with Gasteiger partial charge in [-0.1, -0.05) is 36.7 Å². The zero-order valence-electron chi connectivity index (χ0n) is 27.6. The minimum absolute atomic E-state index is 0.0311. The molecule has 9 nitrogen and oxygen atoms in total. The van der Waals surface area contributed by atoms with Gasteiger partial charge >= 0.3 is 0 Å². The van der Waals surface area contributed by atoms with Crippen LogP contribution in [0.25, 0.3) is 0 Å². The Balaban J connectivity index is 1.42. The number of nitrogens with one attached hydrogen (secondary N) is 1. The van der Waals surface area contributed by atoms with Gasteiger partial charge in [-0.2, -0.15) is 0 Å². The predicted octanol–water partition coefficient (Wildman–Crippen LogP) is 5.54. The Kier molecular flexibility index (Phi) is 10.5. The fourth-order valence-electron chi connectivity index (χ4n) is 7.95. The summed E-state index contributed by atoms with van der Waals surface area (Å²) in [6, 6.07) is 11.5. The number of carbonyl (C=O) groups is 1. The van der Waals surface area contributed by atoms with Crippen LogP contribution in [0.2, 0.25) is 5.02 Å². The molecular weight excluding hydrogens is 640 g/mol. The Bertz CT molecular complexity index is 1580. The minimum Gasteiger partial charge on any atom is -0.490 e. The number of fused-ring (bicyclic) bond motifs is 4. The molecule has 1 saturated carbocycles. The number of halogens is 1. The van der Waals surface area contributed by atoms with E-state index in [0.29, 0.717) is 44.5 Å². The Labute approximate surface area is 284 Å². The number of anilines is 1. The number of carbonyl (C=O) groups excluding carboxylic acids is 1. The van der Waals surface area contributed by atoms with Crippen molar-refractivity contribution < 1.29 is 32.2 Å². The molecule has 0 aromatic heterocycles. The predicted molar refractivity (Wildman–Crippen MR) is 183 cm³/mol. The summed E-state index contributed by atoms with van der Waals surface area (Å²) in [5.74, 6) is 0.373. The van der Waals surface area contributed by atoms with Crippen molar-refractivity contribution in [3.05, 3.63) is 70.3 Å². The van der Waals surface area contributed by atoms with Crippen molar-refractivity contribution in [2.45, 2.75) is 62.2 Å². The largest absolute Gasteiger partial charge is 0.490 e. The van der Waals surface area contributed by atoms with Gasteiger partial charge < -0.3 is 23.8 Å². The van der Waals surface area contributed by atoms with Crippen molar-refractivity contribution in [2.24, 2.45) is 17.8 Å². The molecule has 0 saturated heterocycles. The van der Waals surface area contributed by atoms with Crippen molar-refractivity contribution in [1.82, 2.24) is 4.72 Å². The number of sulfonamides is 1. The molecule has 2 heterocycles. The molecule has 256 valence electrons. The van der Waals surface area contributed by atoms with Crippen molar-refractivity contribution >= 4 is 33.2 Å². The standard InChI is InChI=1S/C36H47ClN2O7S/c1-24-6-4-8-32(45-17-16-43-2)29-12-9-27(29)20-39-22-36(15-5-7-25-18-28(37)11-13-30(25)36)23-46-33-14-10-26(19-31(33)39)35(40)38-47(41,42)34(24)21-44-3/h4,8,10-11,13-14,18-19,24,27,29,32,34H,5-7,9,12,15-17,20-23H2,1-3H3,(H,38,40)/b8-4+/t24-,27-,29+,32-,34+,36-/m0/s1. The van der Waals surface area contributed by atoms with Crippen LogP contribution in [0, 0.1) is 17.8 Å². The molecule has 1 amide bonds. The second kappa shape index (κ2) is 14.5. The lowest BCUT2D eigenvalue weighted by Crippen LogP contribution is -2.49. The van der Waals surface area contributed by atoms with Crippen LogP contribution < -0.4 is 14.4 Å².